The van der Waals surface area contributed by atoms with Crippen LogP contribution in [0, 0.1) is 11.6 Å². The maximum absolute atomic E-state index is 13.3. The quantitative estimate of drug-likeness (QED) is 0.816. The highest BCUT2D eigenvalue weighted by Crippen LogP contribution is 2.21. The van der Waals surface area contributed by atoms with Crippen molar-refractivity contribution in [2.75, 3.05) is 12.5 Å². The van der Waals surface area contributed by atoms with Crippen molar-refractivity contribution in [1.82, 2.24) is 0 Å². The first-order valence-electron chi connectivity index (χ1n) is 4.41. The fourth-order valence-electron chi connectivity index (χ4n) is 1.17. The lowest BCUT2D eigenvalue weighted by molar-refractivity contribution is -0.150. The summed E-state index contributed by atoms with van der Waals surface area (Å²) in [5.74, 6) is -2.99. The minimum absolute atomic E-state index is 0.0324. The predicted octanol–water partition coefficient (Wildman–Crippen LogP) is 2.35. The van der Waals surface area contributed by atoms with Gasteiger partial charge in [-0.3, -0.25) is 0 Å². The first-order chi connectivity index (χ1) is 7.56. The smallest absolute Gasteiger partial charge is 0.337 e. The molecule has 88 valence electrons. The average Bonchev–Trinajstić information content (AvgIpc) is 2.20. The standard InChI is InChI=1S/C10H9ClF2O3/c11-3-4-16-9(10(14)15)7-2-1-6(12)5-8(7)13/h1-2,5,9H,3-4H2,(H,14,15). The number of alkyl halides is 1. The van der Waals surface area contributed by atoms with Crippen LogP contribution in [0.15, 0.2) is 18.2 Å². The van der Waals surface area contributed by atoms with E-state index in [-0.39, 0.29) is 18.1 Å². The first kappa shape index (κ1) is 12.9. The number of ether oxygens (including phenoxy) is 1. The Morgan fingerprint density at radius 3 is 2.69 bits per heavy atom. The monoisotopic (exact) mass is 250 g/mol. The lowest BCUT2D eigenvalue weighted by Crippen LogP contribution is -2.18. The molecule has 0 spiro atoms. The third-order valence-corrected chi connectivity index (χ3v) is 1.99. The Bertz CT molecular complexity index is 384. The van der Waals surface area contributed by atoms with Crippen LogP contribution in [0.1, 0.15) is 11.7 Å². The van der Waals surface area contributed by atoms with Crippen molar-refractivity contribution in [2.24, 2.45) is 0 Å². The van der Waals surface area contributed by atoms with Gasteiger partial charge in [-0.25, -0.2) is 13.6 Å². The van der Waals surface area contributed by atoms with Crippen LogP contribution in [0.3, 0.4) is 0 Å². The lowest BCUT2D eigenvalue weighted by Gasteiger charge is -2.13. The Morgan fingerprint density at radius 1 is 1.50 bits per heavy atom. The second-order valence-corrected chi connectivity index (χ2v) is 3.32. The molecule has 1 N–H and O–H groups in total. The molecule has 0 aliphatic heterocycles. The lowest BCUT2D eigenvalue weighted by atomic mass is 10.1. The van der Waals surface area contributed by atoms with E-state index in [1.54, 1.807) is 0 Å². The van der Waals surface area contributed by atoms with E-state index in [0.717, 1.165) is 12.1 Å². The molecular weight excluding hydrogens is 242 g/mol. The zero-order valence-corrected chi connectivity index (χ0v) is 8.88. The third-order valence-electron chi connectivity index (χ3n) is 1.83. The van der Waals surface area contributed by atoms with Gasteiger partial charge in [0.1, 0.15) is 11.6 Å². The Hall–Kier alpha value is -1.20. The summed E-state index contributed by atoms with van der Waals surface area (Å²) in [5, 5.41) is 8.82. The van der Waals surface area contributed by atoms with E-state index in [9.17, 15) is 13.6 Å². The van der Waals surface area contributed by atoms with Gasteiger partial charge in [0.2, 0.25) is 0 Å². The molecule has 0 aliphatic rings. The van der Waals surface area contributed by atoms with Crippen LogP contribution in [0.4, 0.5) is 8.78 Å². The number of aliphatic carboxylic acids is 1. The van der Waals surface area contributed by atoms with E-state index < -0.39 is 23.7 Å². The zero-order valence-electron chi connectivity index (χ0n) is 8.12. The summed E-state index contributed by atoms with van der Waals surface area (Å²) in [5.41, 5.74) is -0.223. The van der Waals surface area contributed by atoms with Crippen LogP contribution in [0.2, 0.25) is 0 Å². The van der Waals surface area contributed by atoms with E-state index in [4.69, 9.17) is 21.4 Å². The number of benzene rings is 1. The summed E-state index contributed by atoms with van der Waals surface area (Å²) in [4.78, 5) is 10.8. The maximum Gasteiger partial charge on any atom is 0.337 e. The normalized spacial score (nSPS) is 12.4. The number of carboxylic acids is 1. The van der Waals surface area contributed by atoms with Gasteiger partial charge in [-0.15, -0.1) is 11.6 Å². The van der Waals surface area contributed by atoms with Crippen molar-refractivity contribution in [3.8, 4) is 0 Å². The highest BCUT2D eigenvalue weighted by atomic mass is 35.5. The Labute approximate surface area is 95.6 Å². The third kappa shape index (κ3) is 3.15. The van der Waals surface area contributed by atoms with E-state index in [1.165, 1.54) is 0 Å². The van der Waals surface area contributed by atoms with Gasteiger partial charge >= 0.3 is 5.97 Å². The molecule has 0 amide bonds. The Morgan fingerprint density at radius 2 is 2.19 bits per heavy atom. The molecule has 0 bridgehead atoms. The second kappa shape index (κ2) is 5.77. The molecule has 0 saturated heterocycles. The van der Waals surface area contributed by atoms with Gasteiger partial charge in [-0.05, 0) is 12.1 Å². The summed E-state index contributed by atoms with van der Waals surface area (Å²) in [7, 11) is 0. The number of hydrogen-bond donors (Lipinski definition) is 1. The van der Waals surface area contributed by atoms with Gasteiger partial charge in [0.25, 0.3) is 0 Å². The second-order valence-electron chi connectivity index (χ2n) is 2.94. The molecule has 6 heteroatoms. The van der Waals surface area contributed by atoms with Crippen molar-refractivity contribution >= 4 is 17.6 Å². The number of rotatable bonds is 5. The molecule has 3 nitrogen and oxygen atoms in total. The van der Waals surface area contributed by atoms with Crippen LogP contribution < -0.4 is 0 Å². The molecular formula is C10H9ClF2O3. The molecule has 0 radical (unpaired) electrons. The molecule has 0 aromatic heterocycles. The van der Waals surface area contributed by atoms with Crippen LogP contribution in [0.5, 0.6) is 0 Å². The van der Waals surface area contributed by atoms with E-state index in [0.29, 0.717) is 6.07 Å². The Kier molecular flexibility index (Phi) is 4.64. The molecule has 1 atom stereocenters. The molecule has 16 heavy (non-hydrogen) atoms. The molecule has 0 heterocycles. The van der Waals surface area contributed by atoms with Gasteiger partial charge in [0.05, 0.1) is 6.61 Å². The summed E-state index contributed by atoms with van der Waals surface area (Å²) in [6, 6.07) is 2.62. The largest absolute Gasteiger partial charge is 0.479 e. The fraction of sp³-hybridized carbons (Fsp3) is 0.300. The number of hydrogen-bond acceptors (Lipinski definition) is 2. The summed E-state index contributed by atoms with van der Waals surface area (Å²) in [6.07, 6.45) is -1.47. The topological polar surface area (TPSA) is 46.5 Å². The van der Waals surface area contributed by atoms with Crippen molar-refractivity contribution in [3.05, 3.63) is 35.4 Å². The van der Waals surface area contributed by atoms with Crippen molar-refractivity contribution < 1.29 is 23.4 Å². The molecule has 1 aromatic carbocycles. The van der Waals surface area contributed by atoms with Gasteiger partial charge in [-0.1, -0.05) is 0 Å². The average molecular weight is 251 g/mol. The van der Waals surface area contributed by atoms with E-state index in [2.05, 4.69) is 0 Å². The zero-order chi connectivity index (χ0) is 12.1. The van der Waals surface area contributed by atoms with Crippen LogP contribution in [-0.2, 0) is 9.53 Å². The summed E-state index contributed by atoms with van der Waals surface area (Å²) in [6.45, 7) is -0.0324. The van der Waals surface area contributed by atoms with Gasteiger partial charge < -0.3 is 9.84 Å². The van der Waals surface area contributed by atoms with Gasteiger partial charge in [0, 0.05) is 17.5 Å². The van der Waals surface area contributed by atoms with Crippen molar-refractivity contribution in [3.63, 3.8) is 0 Å². The first-order valence-corrected chi connectivity index (χ1v) is 4.95. The highest BCUT2D eigenvalue weighted by molar-refractivity contribution is 6.17. The number of halogens is 3. The van der Waals surface area contributed by atoms with Gasteiger partial charge in [0.15, 0.2) is 6.10 Å². The summed E-state index contributed by atoms with van der Waals surface area (Å²) < 4.78 is 30.8. The predicted molar refractivity (Wildman–Crippen MR) is 53.4 cm³/mol. The molecule has 1 aromatic rings. The van der Waals surface area contributed by atoms with Crippen molar-refractivity contribution in [1.29, 1.82) is 0 Å². The van der Waals surface area contributed by atoms with Crippen LogP contribution in [0.25, 0.3) is 0 Å². The molecule has 0 aliphatic carbocycles. The molecule has 0 saturated carbocycles. The SMILES string of the molecule is O=C(O)C(OCCCl)c1ccc(F)cc1F. The molecule has 1 rings (SSSR count). The minimum atomic E-state index is -1.47. The van der Waals surface area contributed by atoms with Crippen LogP contribution in [-0.4, -0.2) is 23.6 Å². The number of carbonyl (C=O) groups is 1. The van der Waals surface area contributed by atoms with Crippen LogP contribution >= 0.6 is 11.6 Å². The maximum atomic E-state index is 13.3. The van der Waals surface area contributed by atoms with E-state index >= 15 is 0 Å². The highest BCUT2D eigenvalue weighted by Gasteiger charge is 2.23. The minimum Gasteiger partial charge on any atom is -0.479 e. The fourth-order valence-corrected chi connectivity index (χ4v) is 1.26. The Balaban J connectivity index is 2.96. The molecule has 0 fully saturated rings. The van der Waals surface area contributed by atoms with Gasteiger partial charge in [-0.2, -0.15) is 0 Å². The van der Waals surface area contributed by atoms with E-state index in [1.807, 2.05) is 0 Å². The number of carboxylic acid groups (broad SMARTS) is 1. The van der Waals surface area contributed by atoms with Crippen molar-refractivity contribution in [2.45, 2.75) is 6.10 Å². The molecule has 1 unspecified atom stereocenters. The summed E-state index contributed by atoms with van der Waals surface area (Å²) >= 11 is 5.33.